The van der Waals surface area contributed by atoms with Crippen LogP contribution in [0.2, 0.25) is 0 Å². The molecule has 54 heavy (non-hydrogen) atoms. The second-order valence-corrected chi connectivity index (χ2v) is 16.6. The van der Waals surface area contributed by atoms with E-state index >= 15 is 0 Å². The highest BCUT2D eigenvalue weighted by Crippen LogP contribution is 2.23. The largest absolute Gasteiger partial charge is 0.394 e. The number of hydrogen-bond donors (Lipinski definition) is 6. The van der Waals surface area contributed by atoms with Gasteiger partial charge in [-0.05, 0) is 12.8 Å². The number of ether oxygens (including phenoxy) is 2. The van der Waals surface area contributed by atoms with Crippen molar-refractivity contribution in [2.75, 3.05) is 13.2 Å². The molecule has 1 rings (SSSR count). The van der Waals surface area contributed by atoms with Crippen molar-refractivity contribution in [1.29, 1.82) is 0 Å². The lowest BCUT2D eigenvalue weighted by atomic mass is 9.99. The Bertz CT molecular complexity index is 817. The van der Waals surface area contributed by atoms with Crippen molar-refractivity contribution >= 4 is 5.91 Å². The highest BCUT2D eigenvalue weighted by molar-refractivity contribution is 5.76. The number of hydrogen-bond acceptors (Lipinski definition) is 8. The Balaban J connectivity index is 2.30. The van der Waals surface area contributed by atoms with Gasteiger partial charge in [0.15, 0.2) is 6.29 Å². The minimum atomic E-state index is -1.55. The summed E-state index contributed by atoms with van der Waals surface area (Å²) in [6, 6.07) is -0.710. The third kappa shape index (κ3) is 26.9. The predicted molar refractivity (Wildman–Crippen MR) is 221 cm³/mol. The van der Waals surface area contributed by atoms with E-state index in [9.17, 15) is 30.3 Å². The number of amides is 1. The van der Waals surface area contributed by atoms with Crippen LogP contribution in [0.4, 0.5) is 0 Å². The highest BCUT2D eigenvalue weighted by Gasteiger charge is 2.44. The summed E-state index contributed by atoms with van der Waals surface area (Å²) in [7, 11) is 0. The molecule has 7 unspecified atom stereocenters. The number of carbonyl (C=O) groups excluding carboxylic acids is 1. The molecule has 322 valence electrons. The van der Waals surface area contributed by atoms with E-state index in [-0.39, 0.29) is 12.5 Å². The van der Waals surface area contributed by atoms with E-state index in [1.165, 1.54) is 161 Å². The minimum Gasteiger partial charge on any atom is -0.394 e. The van der Waals surface area contributed by atoms with Crippen molar-refractivity contribution in [1.82, 2.24) is 5.32 Å². The number of unbranched alkanes of at least 4 members (excludes halogenated alkanes) is 29. The number of aliphatic hydroxyl groups is 5. The van der Waals surface area contributed by atoms with Crippen LogP contribution in [0.15, 0.2) is 0 Å². The molecule has 6 N–H and O–H groups in total. The van der Waals surface area contributed by atoms with Crippen molar-refractivity contribution in [3.8, 4) is 0 Å². The Labute approximate surface area is 332 Å². The number of aliphatic hydroxyl groups excluding tert-OH is 5. The van der Waals surface area contributed by atoms with Gasteiger partial charge in [-0.15, -0.1) is 0 Å². The van der Waals surface area contributed by atoms with Crippen LogP contribution >= 0.6 is 0 Å². The monoisotopic (exact) mass is 772 g/mol. The maximum absolute atomic E-state index is 13.0. The average molecular weight is 772 g/mol. The Morgan fingerprint density at radius 2 is 0.926 bits per heavy atom. The quantitative estimate of drug-likeness (QED) is 0.0339. The van der Waals surface area contributed by atoms with Gasteiger partial charge < -0.3 is 40.3 Å². The maximum atomic E-state index is 13.0. The molecule has 0 aromatic rings. The summed E-state index contributed by atoms with van der Waals surface area (Å²) in [6.45, 7) is 3.85. The molecule has 0 aromatic carbocycles. The summed E-state index contributed by atoms with van der Waals surface area (Å²) < 4.78 is 11.3. The van der Waals surface area contributed by atoms with Gasteiger partial charge in [0.05, 0.1) is 25.4 Å². The van der Waals surface area contributed by atoms with Crippen molar-refractivity contribution < 1.29 is 39.8 Å². The van der Waals surface area contributed by atoms with Crippen molar-refractivity contribution in [3.63, 3.8) is 0 Å². The molecule has 1 saturated heterocycles. The lowest BCUT2D eigenvalue weighted by molar-refractivity contribution is -0.302. The third-order valence-electron chi connectivity index (χ3n) is 11.5. The van der Waals surface area contributed by atoms with Gasteiger partial charge in [0.25, 0.3) is 0 Å². The van der Waals surface area contributed by atoms with Crippen LogP contribution in [0.25, 0.3) is 0 Å². The smallest absolute Gasteiger partial charge is 0.220 e. The molecule has 1 aliphatic rings. The summed E-state index contributed by atoms with van der Waals surface area (Å²) in [5.74, 6) is -0.140. The number of nitrogens with one attached hydrogen (secondary N) is 1. The molecule has 0 bridgehead atoms. The summed E-state index contributed by atoms with van der Waals surface area (Å²) in [4.78, 5) is 13.0. The van der Waals surface area contributed by atoms with Crippen LogP contribution in [-0.4, -0.2) is 87.5 Å². The fourth-order valence-corrected chi connectivity index (χ4v) is 7.69. The van der Waals surface area contributed by atoms with Gasteiger partial charge in [-0.2, -0.15) is 0 Å². The predicted octanol–water partition coefficient (Wildman–Crippen LogP) is 9.56. The standard InChI is InChI=1S/C45H89NO8/c1-3-5-7-9-11-13-15-17-18-19-20-21-23-25-27-29-31-33-35-41(49)46-38(37-53-45-44(52)43(51)42(50)40(36-47)54-45)39(48)34-32-30-28-26-24-22-16-14-12-10-8-6-4-2/h38-40,42-45,47-48,50-52H,3-37H2,1-2H3,(H,46,49). The lowest BCUT2D eigenvalue weighted by Crippen LogP contribution is -2.60. The fraction of sp³-hybridized carbons (Fsp3) is 0.978. The van der Waals surface area contributed by atoms with Gasteiger partial charge in [-0.25, -0.2) is 0 Å². The zero-order chi connectivity index (χ0) is 39.5. The SMILES string of the molecule is CCCCCCCCCCCCCCCCCCCCC(=O)NC(COC1OC(CO)C(O)C(O)C1O)C(O)CCCCCCCCCCCCCCC. The van der Waals surface area contributed by atoms with Crippen LogP contribution in [0.3, 0.4) is 0 Å². The lowest BCUT2D eigenvalue weighted by Gasteiger charge is -2.40. The molecule has 0 spiro atoms. The van der Waals surface area contributed by atoms with Crippen LogP contribution in [-0.2, 0) is 14.3 Å². The van der Waals surface area contributed by atoms with Crippen molar-refractivity contribution in [3.05, 3.63) is 0 Å². The van der Waals surface area contributed by atoms with Gasteiger partial charge in [0.2, 0.25) is 5.91 Å². The van der Waals surface area contributed by atoms with E-state index in [2.05, 4.69) is 19.2 Å². The Kier molecular flexibility index (Phi) is 34.6. The molecular formula is C45H89NO8. The first kappa shape index (κ1) is 51.2. The van der Waals surface area contributed by atoms with E-state index in [4.69, 9.17) is 9.47 Å². The summed E-state index contributed by atoms with van der Waals surface area (Å²) in [5.41, 5.74) is 0. The normalized spacial score (nSPS) is 21.4. The zero-order valence-corrected chi connectivity index (χ0v) is 35.3. The summed E-state index contributed by atoms with van der Waals surface area (Å²) >= 11 is 0. The van der Waals surface area contributed by atoms with Crippen LogP contribution in [0, 0.1) is 0 Å². The molecule has 9 nitrogen and oxygen atoms in total. The molecule has 1 aliphatic heterocycles. The van der Waals surface area contributed by atoms with Crippen LogP contribution in [0.1, 0.15) is 226 Å². The van der Waals surface area contributed by atoms with E-state index < -0.39 is 49.5 Å². The Morgan fingerprint density at radius 1 is 0.556 bits per heavy atom. The van der Waals surface area contributed by atoms with Crippen LogP contribution in [0.5, 0.6) is 0 Å². The number of carbonyl (C=O) groups is 1. The molecular weight excluding hydrogens is 682 g/mol. The average Bonchev–Trinajstić information content (AvgIpc) is 3.17. The van der Waals surface area contributed by atoms with Gasteiger partial charge >= 0.3 is 0 Å². The molecule has 0 aromatic heterocycles. The summed E-state index contributed by atoms with van der Waals surface area (Å²) in [5, 5.41) is 54.3. The third-order valence-corrected chi connectivity index (χ3v) is 11.5. The number of rotatable bonds is 39. The van der Waals surface area contributed by atoms with E-state index in [1.54, 1.807) is 0 Å². The van der Waals surface area contributed by atoms with E-state index in [1.807, 2.05) is 0 Å². The van der Waals surface area contributed by atoms with Crippen molar-refractivity contribution in [2.24, 2.45) is 0 Å². The molecule has 0 aliphatic carbocycles. The topological polar surface area (TPSA) is 149 Å². The highest BCUT2D eigenvalue weighted by atomic mass is 16.7. The van der Waals surface area contributed by atoms with Gasteiger partial charge in [0, 0.05) is 6.42 Å². The molecule has 1 heterocycles. The first-order valence-corrected chi connectivity index (χ1v) is 23.2. The molecule has 9 heteroatoms. The second-order valence-electron chi connectivity index (χ2n) is 16.6. The zero-order valence-electron chi connectivity index (χ0n) is 35.3. The second kappa shape index (κ2) is 36.5. The van der Waals surface area contributed by atoms with E-state index in [0.717, 1.165) is 38.5 Å². The maximum Gasteiger partial charge on any atom is 0.220 e. The first-order valence-electron chi connectivity index (χ1n) is 23.2. The van der Waals surface area contributed by atoms with Gasteiger partial charge in [-0.3, -0.25) is 4.79 Å². The Hall–Kier alpha value is -0.810. The molecule has 0 radical (unpaired) electrons. The summed E-state index contributed by atoms with van der Waals surface area (Å²) in [6.07, 6.45) is 32.5. The van der Waals surface area contributed by atoms with E-state index in [0.29, 0.717) is 12.8 Å². The van der Waals surface area contributed by atoms with Crippen LogP contribution < -0.4 is 5.32 Å². The minimum absolute atomic E-state index is 0.132. The first-order chi connectivity index (χ1) is 26.3. The molecule has 7 atom stereocenters. The molecule has 0 saturated carbocycles. The molecule has 1 amide bonds. The fourth-order valence-electron chi connectivity index (χ4n) is 7.69. The van der Waals surface area contributed by atoms with Gasteiger partial charge in [-0.1, -0.05) is 206 Å². The molecule has 1 fully saturated rings. The van der Waals surface area contributed by atoms with Crippen molar-refractivity contribution in [2.45, 2.75) is 269 Å². The Morgan fingerprint density at radius 3 is 1.31 bits per heavy atom. The van der Waals surface area contributed by atoms with Gasteiger partial charge in [0.1, 0.15) is 24.4 Å².